The number of aryl methyl sites for hydroxylation is 1. The third-order valence-corrected chi connectivity index (χ3v) is 6.14. The second-order valence-corrected chi connectivity index (χ2v) is 8.77. The smallest absolute Gasteiger partial charge is 0.0900 e. The number of hydrogen-bond donors (Lipinski definition) is 1. The van der Waals surface area contributed by atoms with E-state index in [1.54, 1.807) is 0 Å². The Balaban J connectivity index is 1.81. The molecule has 3 rings (SSSR count). The zero-order chi connectivity index (χ0) is 20.0. The normalized spacial score (nSPS) is 24.0. The Morgan fingerprint density at radius 1 is 1.11 bits per heavy atom. The SMILES string of the molecule is CN(C)CC1CCCC(=Cc2ccc(Cl)cc2)C1(O)CCCc1ccccc1. The summed E-state index contributed by atoms with van der Waals surface area (Å²) in [6.45, 7) is 0.916. The molecule has 2 aromatic rings. The van der Waals surface area contributed by atoms with Crippen LogP contribution in [0.2, 0.25) is 5.02 Å². The molecular weight excluding hydrogens is 366 g/mol. The number of rotatable bonds is 7. The van der Waals surface area contributed by atoms with Gasteiger partial charge in [0.2, 0.25) is 0 Å². The fourth-order valence-corrected chi connectivity index (χ4v) is 4.59. The van der Waals surface area contributed by atoms with E-state index < -0.39 is 5.60 Å². The maximum atomic E-state index is 11.9. The van der Waals surface area contributed by atoms with Crippen LogP contribution in [0.4, 0.5) is 0 Å². The molecule has 2 atom stereocenters. The first-order chi connectivity index (χ1) is 13.5. The van der Waals surface area contributed by atoms with Gasteiger partial charge in [0.1, 0.15) is 0 Å². The van der Waals surface area contributed by atoms with Gasteiger partial charge in [-0.15, -0.1) is 0 Å². The quantitative estimate of drug-likeness (QED) is 0.634. The van der Waals surface area contributed by atoms with Crippen molar-refractivity contribution < 1.29 is 5.11 Å². The molecule has 1 aliphatic carbocycles. The summed E-state index contributed by atoms with van der Waals surface area (Å²) in [6.07, 6.45) is 8.18. The first-order valence-electron chi connectivity index (χ1n) is 10.3. The van der Waals surface area contributed by atoms with Crippen LogP contribution in [0.1, 0.15) is 43.2 Å². The fraction of sp³-hybridized carbons (Fsp3) is 0.440. The van der Waals surface area contributed by atoms with Crippen molar-refractivity contribution in [2.24, 2.45) is 5.92 Å². The molecule has 2 unspecified atom stereocenters. The van der Waals surface area contributed by atoms with Crippen molar-refractivity contribution in [1.29, 1.82) is 0 Å². The van der Waals surface area contributed by atoms with Gasteiger partial charge >= 0.3 is 0 Å². The summed E-state index contributed by atoms with van der Waals surface area (Å²) in [6, 6.07) is 18.5. The van der Waals surface area contributed by atoms with Gasteiger partial charge in [0.25, 0.3) is 0 Å². The molecule has 0 aromatic heterocycles. The van der Waals surface area contributed by atoms with Crippen molar-refractivity contribution in [3.8, 4) is 0 Å². The van der Waals surface area contributed by atoms with Crippen LogP contribution in [0, 0.1) is 5.92 Å². The van der Waals surface area contributed by atoms with Gasteiger partial charge in [-0.05, 0) is 81.5 Å². The van der Waals surface area contributed by atoms with Gasteiger partial charge in [-0.25, -0.2) is 0 Å². The summed E-state index contributed by atoms with van der Waals surface area (Å²) >= 11 is 6.04. The van der Waals surface area contributed by atoms with Gasteiger partial charge in [-0.3, -0.25) is 0 Å². The molecule has 2 aromatic carbocycles. The molecular formula is C25H32ClNO. The van der Waals surface area contributed by atoms with Crippen LogP contribution in [-0.2, 0) is 6.42 Å². The topological polar surface area (TPSA) is 23.5 Å². The lowest BCUT2D eigenvalue weighted by Crippen LogP contribution is -2.47. The van der Waals surface area contributed by atoms with Crippen LogP contribution in [0.25, 0.3) is 6.08 Å². The molecule has 1 fully saturated rings. The minimum absolute atomic E-state index is 0.269. The lowest BCUT2D eigenvalue weighted by molar-refractivity contribution is -0.0208. The Hall–Kier alpha value is -1.61. The maximum Gasteiger partial charge on any atom is 0.0900 e. The maximum absolute atomic E-state index is 11.9. The highest BCUT2D eigenvalue weighted by molar-refractivity contribution is 6.30. The number of halogens is 1. The Kier molecular flexibility index (Phi) is 7.34. The molecule has 0 bridgehead atoms. The Labute approximate surface area is 174 Å². The molecule has 0 aliphatic heterocycles. The van der Waals surface area contributed by atoms with Crippen LogP contribution in [0.15, 0.2) is 60.2 Å². The predicted octanol–water partition coefficient (Wildman–Crippen LogP) is 5.84. The lowest BCUT2D eigenvalue weighted by atomic mass is 9.68. The van der Waals surface area contributed by atoms with Crippen molar-refractivity contribution in [2.75, 3.05) is 20.6 Å². The van der Waals surface area contributed by atoms with Gasteiger partial charge in [-0.2, -0.15) is 0 Å². The van der Waals surface area contributed by atoms with E-state index in [1.165, 1.54) is 11.1 Å². The van der Waals surface area contributed by atoms with E-state index in [4.69, 9.17) is 11.6 Å². The molecule has 1 saturated carbocycles. The van der Waals surface area contributed by atoms with E-state index in [0.717, 1.165) is 55.7 Å². The second-order valence-electron chi connectivity index (χ2n) is 8.34. The average Bonchev–Trinajstić information content (AvgIpc) is 2.67. The number of aliphatic hydroxyl groups is 1. The second kappa shape index (κ2) is 9.73. The van der Waals surface area contributed by atoms with Crippen LogP contribution >= 0.6 is 11.6 Å². The minimum atomic E-state index is -0.739. The number of benzene rings is 2. The number of nitrogens with zero attached hydrogens (tertiary/aromatic N) is 1. The first-order valence-corrected chi connectivity index (χ1v) is 10.7. The fourth-order valence-electron chi connectivity index (χ4n) is 4.47. The van der Waals surface area contributed by atoms with Crippen molar-refractivity contribution in [1.82, 2.24) is 4.90 Å². The highest BCUT2D eigenvalue weighted by atomic mass is 35.5. The standard InChI is InChI=1S/C25H32ClNO/c1-27(2)19-23-12-6-11-22(18-21-13-15-24(26)16-14-21)25(23,28)17-7-10-20-8-4-3-5-9-20/h3-5,8-9,13-16,18,23,28H,6-7,10-12,17,19H2,1-2H3. The molecule has 0 saturated heterocycles. The molecule has 0 heterocycles. The Morgan fingerprint density at radius 2 is 1.82 bits per heavy atom. The molecule has 3 heteroatoms. The largest absolute Gasteiger partial charge is 0.385 e. The Bertz CT molecular complexity index is 769. The third-order valence-electron chi connectivity index (χ3n) is 5.89. The molecule has 0 spiro atoms. The Morgan fingerprint density at radius 3 is 2.50 bits per heavy atom. The zero-order valence-corrected chi connectivity index (χ0v) is 17.8. The van der Waals surface area contributed by atoms with E-state index >= 15 is 0 Å². The summed E-state index contributed by atoms with van der Waals surface area (Å²) < 4.78 is 0. The van der Waals surface area contributed by atoms with Crippen molar-refractivity contribution in [3.63, 3.8) is 0 Å². The van der Waals surface area contributed by atoms with Crippen molar-refractivity contribution >= 4 is 17.7 Å². The molecule has 1 aliphatic rings. The van der Waals surface area contributed by atoms with Gasteiger partial charge in [-0.1, -0.05) is 60.1 Å². The van der Waals surface area contributed by atoms with E-state index in [0.29, 0.717) is 0 Å². The van der Waals surface area contributed by atoms with E-state index in [-0.39, 0.29) is 5.92 Å². The molecule has 150 valence electrons. The van der Waals surface area contributed by atoms with Crippen molar-refractivity contribution in [2.45, 2.75) is 44.1 Å². The van der Waals surface area contributed by atoms with E-state index in [1.807, 2.05) is 24.3 Å². The van der Waals surface area contributed by atoms with Gasteiger partial charge in [0.15, 0.2) is 0 Å². The number of hydrogen-bond acceptors (Lipinski definition) is 2. The third kappa shape index (κ3) is 5.47. The van der Waals surface area contributed by atoms with Crippen molar-refractivity contribution in [3.05, 3.63) is 76.3 Å². The van der Waals surface area contributed by atoms with Gasteiger partial charge in [0, 0.05) is 17.5 Å². The monoisotopic (exact) mass is 397 g/mol. The minimum Gasteiger partial charge on any atom is -0.385 e. The first kappa shape index (κ1) is 21.1. The highest BCUT2D eigenvalue weighted by Crippen LogP contribution is 2.42. The zero-order valence-electron chi connectivity index (χ0n) is 17.1. The predicted molar refractivity (Wildman–Crippen MR) is 120 cm³/mol. The lowest BCUT2D eigenvalue weighted by Gasteiger charge is -2.43. The van der Waals surface area contributed by atoms with Crippen LogP contribution in [-0.4, -0.2) is 36.2 Å². The van der Waals surface area contributed by atoms with Crippen LogP contribution < -0.4 is 0 Å². The molecule has 0 radical (unpaired) electrons. The van der Waals surface area contributed by atoms with Gasteiger partial charge in [0.05, 0.1) is 5.60 Å². The van der Waals surface area contributed by atoms with E-state index in [9.17, 15) is 5.11 Å². The van der Waals surface area contributed by atoms with Crippen LogP contribution in [0.3, 0.4) is 0 Å². The summed E-state index contributed by atoms with van der Waals surface area (Å²) in [5.41, 5.74) is 2.90. The summed E-state index contributed by atoms with van der Waals surface area (Å²) in [4.78, 5) is 2.21. The molecule has 28 heavy (non-hydrogen) atoms. The molecule has 1 N–H and O–H groups in total. The van der Waals surface area contributed by atoms with Crippen LogP contribution in [0.5, 0.6) is 0 Å². The molecule has 0 amide bonds. The van der Waals surface area contributed by atoms with E-state index in [2.05, 4.69) is 55.4 Å². The summed E-state index contributed by atoms with van der Waals surface area (Å²) in [7, 11) is 4.20. The summed E-state index contributed by atoms with van der Waals surface area (Å²) in [5, 5.41) is 12.7. The average molecular weight is 398 g/mol. The molecule has 2 nitrogen and oxygen atoms in total. The summed E-state index contributed by atoms with van der Waals surface area (Å²) in [5.74, 6) is 0.269. The highest BCUT2D eigenvalue weighted by Gasteiger charge is 2.42. The van der Waals surface area contributed by atoms with Gasteiger partial charge < -0.3 is 10.0 Å².